The van der Waals surface area contributed by atoms with E-state index in [1.54, 1.807) is 25.4 Å². The van der Waals surface area contributed by atoms with Crippen molar-refractivity contribution in [1.29, 1.82) is 0 Å². The van der Waals surface area contributed by atoms with Crippen LogP contribution in [0.5, 0.6) is 5.88 Å². The zero-order valence-corrected chi connectivity index (χ0v) is 13.6. The maximum absolute atomic E-state index is 13.0. The van der Waals surface area contributed by atoms with Gasteiger partial charge in [0.25, 0.3) is 5.91 Å². The highest BCUT2D eigenvalue weighted by Gasteiger charge is 2.37. The number of hydrogen-bond acceptors (Lipinski definition) is 5. The Morgan fingerprint density at radius 2 is 2.26 bits per heavy atom. The number of fused-ring (bicyclic) bond motifs is 1. The predicted octanol–water partition coefficient (Wildman–Crippen LogP) is 1.89. The Kier molecular flexibility index (Phi) is 5.46. The van der Waals surface area contributed by atoms with Gasteiger partial charge in [-0.2, -0.15) is 0 Å². The number of carbonyl (C=O) groups excluding carboxylic acids is 1. The average molecular weight is 320 g/mol. The normalized spacial score (nSPS) is 24.1. The Morgan fingerprint density at radius 3 is 3.13 bits per heavy atom. The van der Waals surface area contributed by atoms with Crippen LogP contribution in [0.15, 0.2) is 18.3 Å². The molecule has 1 saturated heterocycles. The smallest absolute Gasteiger partial charge is 0.259 e. The van der Waals surface area contributed by atoms with Gasteiger partial charge in [-0.15, -0.1) is 0 Å². The number of amides is 1. The summed E-state index contributed by atoms with van der Waals surface area (Å²) in [5.74, 6) is 0.374. The van der Waals surface area contributed by atoms with Gasteiger partial charge in [-0.1, -0.05) is 12.8 Å². The highest BCUT2D eigenvalue weighted by molar-refractivity contribution is 5.96. The van der Waals surface area contributed by atoms with E-state index in [1.165, 1.54) is 6.42 Å². The largest absolute Gasteiger partial charge is 0.475 e. The molecular formula is C17H24N2O4. The Hall–Kier alpha value is -1.66. The Bertz CT molecular complexity index is 535. The van der Waals surface area contributed by atoms with Crippen LogP contribution >= 0.6 is 0 Å². The predicted molar refractivity (Wildman–Crippen MR) is 84.6 cm³/mol. The first-order chi connectivity index (χ1) is 11.3. The topological polar surface area (TPSA) is 60.9 Å². The second kappa shape index (κ2) is 7.75. The molecule has 126 valence electrons. The Labute approximate surface area is 136 Å². The molecule has 23 heavy (non-hydrogen) atoms. The first-order valence-corrected chi connectivity index (χ1v) is 8.30. The molecule has 1 aliphatic carbocycles. The fourth-order valence-corrected chi connectivity index (χ4v) is 3.39. The van der Waals surface area contributed by atoms with Crippen molar-refractivity contribution in [3.8, 4) is 5.88 Å². The molecule has 1 aromatic rings. The minimum absolute atomic E-state index is 0.00860. The lowest BCUT2D eigenvalue weighted by Gasteiger charge is -2.43. The molecule has 0 N–H and O–H groups in total. The fourth-order valence-electron chi connectivity index (χ4n) is 3.39. The van der Waals surface area contributed by atoms with Gasteiger partial charge in [-0.25, -0.2) is 4.98 Å². The summed E-state index contributed by atoms with van der Waals surface area (Å²) in [6, 6.07) is 3.73. The van der Waals surface area contributed by atoms with Crippen LogP contribution in [0, 0.1) is 0 Å². The summed E-state index contributed by atoms with van der Waals surface area (Å²) < 4.78 is 16.4. The number of methoxy groups -OCH3 is 1. The molecule has 6 heteroatoms. The van der Waals surface area contributed by atoms with E-state index in [2.05, 4.69) is 4.98 Å². The summed E-state index contributed by atoms with van der Waals surface area (Å²) >= 11 is 0. The third-order valence-corrected chi connectivity index (χ3v) is 4.52. The number of aromatic nitrogens is 1. The molecule has 0 radical (unpaired) electrons. The fraction of sp³-hybridized carbons (Fsp3) is 0.647. The molecule has 0 spiro atoms. The zero-order valence-electron chi connectivity index (χ0n) is 13.6. The number of rotatable bonds is 5. The standard InChI is InChI=1S/C17H24N2O4/c1-21-11-12-23-16-13(5-4-8-18-16)17(20)19-9-10-22-15-7-3-2-6-14(15)19/h4-5,8,14-15H,2-3,6-7,9-12H2,1H3/t14-,15-/m1/s1. The lowest BCUT2D eigenvalue weighted by Crippen LogP contribution is -2.54. The molecule has 2 heterocycles. The van der Waals surface area contributed by atoms with Crippen LogP contribution in [0.2, 0.25) is 0 Å². The van der Waals surface area contributed by atoms with Gasteiger partial charge in [0, 0.05) is 19.9 Å². The summed E-state index contributed by atoms with van der Waals surface area (Å²) in [6.07, 6.45) is 6.20. The van der Waals surface area contributed by atoms with E-state index in [4.69, 9.17) is 14.2 Å². The van der Waals surface area contributed by atoms with E-state index in [0.717, 1.165) is 19.3 Å². The maximum atomic E-state index is 13.0. The summed E-state index contributed by atoms with van der Waals surface area (Å²) in [5, 5.41) is 0. The van der Waals surface area contributed by atoms with Crippen molar-refractivity contribution in [2.75, 3.05) is 33.5 Å². The van der Waals surface area contributed by atoms with E-state index in [-0.39, 0.29) is 18.1 Å². The lowest BCUT2D eigenvalue weighted by molar-refractivity contribution is -0.0753. The van der Waals surface area contributed by atoms with Crippen molar-refractivity contribution >= 4 is 5.91 Å². The van der Waals surface area contributed by atoms with Crippen molar-refractivity contribution in [2.45, 2.75) is 37.8 Å². The average Bonchev–Trinajstić information content (AvgIpc) is 2.61. The molecule has 3 rings (SSSR count). The van der Waals surface area contributed by atoms with Crippen LogP contribution in [0.1, 0.15) is 36.0 Å². The maximum Gasteiger partial charge on any atom is 0.259 e. The highest BCUT2D eigenvalue weighted by atomic mass is 16.5. The van der Waals surface area contributed by atoms with E-state index in [1.807, 2.05) is 4.90 Å². The SMILES string of the molecule is COCCOc1ncccc1C(=O)N1CCO[C@@H]2CCCC[C@H]21. The number of pyridine rings is 1. The Morgan fingerprint density at radius 1 is 1.39 bits per heavy atom. The third-order valence-electron chi connectivity index (χ3n) is 4.52. The molecule has 0 unspecified atom stereocenters. The van der Waals surface area contributed by atoms with Crippen molar-refractivity contribution in [3.63, 3.8) is 0 Å². The van der Waals surface area contributed by atoms with Gasteiger partial charge in [-0.3, -0.25) is 4.79 Å². The van der Waals surface area contributed by atoms with Crippen LogP contribution in [0.4, 0.5) is 0 Å². The molecule has 0 aromatic carbocycles. The van der Waals surface area contributed by atoms with Crippen molar-refractivity contribution < 1.29 is 19.0 Å². The van der Waals surface area contributed by atoms with Crippen LogP contribution in [-0.2, 0) is 9.47 Å². The quantitative estimate of drug-likeness (QED) is 0.775. The number of nitrogens with zero attached hydrogens (tertiary/aromatic N) is 2. The molecule has 1 aromatic heterocycles. The Balaban J connectivity index is 1.76. The molecule has 1 saturated carbocycles. The van der Waals surface area contributed by atoms with Gasteiger partial charge in [0.2, 0.25) is 5.88 Å². The van der Waals surface area contributed by atoms with Gasteiger partial charge in [0.1, 0.15) is 12.2 Å². The number of carbonyl (C=O) groups is 1. The van der Waals surface area contributed by atoms with Gasteiger partial charge >= 0.3 is 0 Å². The van der Waals surface area contributed by atoms with Gasteiger partial charge in [0.05, 0.1) is 25.4 Å². The minimum atomic E-state index is -0.00860. The van der Waals surface area contributed by atoms with Crippen LogP contribution in [0.3, 0.4) is 0 Å². The summed E-state index contributed by atoms with van der Waals surface area (Å²) in [7, 11) is 1.62. The van der Waals surface area contributed by atoms with Crippen LogP contribution < -0.4 is 4.74 Å². The molecule has 2 aliphatic rings. The van der Waals surface area contributed by atoms with Crippen LogP contribution in [-0.4, -0.2) is 61.4 Å². The van der Waals surface area contributed by atoms with Crippen LogP contribution in [0.25, 0.3) is 0 Å². The second-order valence-electron chi connectivity index (χ2n) is 5.96. The summed E-state index contributed by atoms with van der Waals surface area (Å²) in [5.41, 5.74) is 0.523. The monoisotopic (exact) mass is 320 g/mol. The highest BCUT2D eigenvalue weighted by Crippen LogP contribution is 2.30. The van der Waals surface area contributed by atoms with Crippen molar-refractivity contribution in [2.24, 2.45) is 0 Å². The van der Waals surface area contributed by atoms with Gasteiger partial charge < -0.3 is 19.1 Å². The van der Waals surface area contributed by atoms with E-state index < -0.39 is 0 Å². The number of morpholine rings is 1. The van der Waals surface area contributed by atoms with E-state index in [0.29, 0.717) is 37.8 Å². The molecule has 1 aliphatic heterocycles. The lowest BCUT2D eigenvalue weighted by atomic mass is 9.90. The number of hydrogen-bond donors (Lipinski definition) is 0. The summed E-state index contributed by atoms with van der Waals surface area (Å²) in [4.78, 5) is 19.2. The van der Waals surface area contributed by atoms with E-state index >= 15 is 0 Å². The molecule has 2 atom stereocenters. The first-order valence-electron chi connectivity index (χ1n) is 8.30. The zero-order chi connectivity index (χ0) is 16.1. The molecule has 2 fully saturated rings. The van der Waals surface area contributed by atoms with E-state index in [9.17, 15) is 4.79 Å². The van der Waals surface area contributed by atoms with Gasteiger partial charge in [0.15, 0.2) is 0 Å². The summed E-state index contributed by atoms with van der Waals surface area (Å²) in [6.45, 7) is 2.08. The van der Waals surface area contributed by atoms with Crippen molar-refractivity contribution in [3.05, 3.63) is 23.9 Å². The van der Waals surface area contributed by atoms with Crippen molar-refractivity contribution in [1.82, 2.24) is 9.88 Å². The molecular weight excluding hydrogens is 296 g/mol. The number of ether oxygens (including phenoxy) is 3. The van der Waals surface area contributed by atoms with Gasteiger partial charge in [-0.05, 0) is 25.0 Å². The second-order valence-corrected chi connectivity index (χ2v) is 5.96. The molecule has 1 amide bonds. The molecule has 0 bridgehead atoms. The first kappa shape index (κ1) is 16.2. The minimum Gasteiger partial charge on any atom is -0.475 e. The molecule has 6 nitrogen and oxygen atoms in total. The third kappa shape index (κ3) is 3.64.